The zero-order chi connectivity index (χ0) is 45.5. The first-order chi connectivity index (χ1) is 31.1. The molecule has 0 atom stereocenters. The van der Waals surface area contributed by atoms with Gasteiger partial charge in [-0.05, 0) is 69.6 Å². The van der Waals surface area contributed by atoms with Crippen molar-refractivity contribution in [2.75, 3.05) is 76.3 Å². The van der Waals surface area contributed by atoms with Crippen molar-refractivity contribution < 1.29 is 33.5 Å². The quantitative estimate of drug-likeness (QED) is 0.101. The van der Waals surface area contributed by atoms with Gasteiger partial charge in [-0.25, -0.2) is 4.79 Å². The number of ether oxygens (including phenoxy) is 5. The lowest BCUT2D eigenvalue weighted by Gasteiger charge is -2.24. The second kappa shape index (κ2) is 26.3. The van der Waals surface area contributed by atoms with E-state index in [1.54, 1.807) is 37.1 Å². The van der Waals surface area contributed by atoms with E-state index >= 15 is 0 Å². The highest BCUT2D eigenvalue weighted by atomic mass is 16.6. The minimum absolute atomic E-state index is 0.0222. The Morgan fingerprint density at radius 1 is 0.672 bits per heavy atom. The first kappa shape index (κ1) is 48.7. The summed E-state index contributed by atoms with van der Waals surface area (Å²) in [4.78, 5) is 50.1. The molecule has 4 fully saturated rings. The molecule has 0 aromatic carbocycles. The Labute approximate surface area is 369 Å². The summed E-state index contributed by atoms with van der Waals surface area (Å²) < 4.78 is 27.4. The molecule has 0 aliphatic carbocycles. The van der Waals surface area contributed by atoms with Crippen molar-refractivity contribution in [1.82, 2.24) is 29.5 Å². The van der Waals surface area contributed by atoms with Gasteiger partial charge in [0.2, 0.25) is 0 Å². The SMILES string of the molecule is COc1ccncc1[N+](=O)[O-].NC1CCOCC1.Nc1cnccc1NC1CCOCC1.O=[N+]([O-])c1cnccc1NC1CCOCC1.O=c1[nH]c2cnccc2n1C1CCOCC1. The van der Waals surface area contributed by atoms with Crippen LogP contribution < -0.4 is 32.5 Å². The van der Waals surface area contributed by atoms with Crippen molar-refractivity contribution in [2.24, 2.45) is 5.73 Å². The molecule has 5 aromatic rings. The number of nitrogens with two attached hydrogens (primary N) is 2. The Bertz CT molecular complexity index is 2220. The number of aromatic amines is 1. The minimum Gasteiger partial charge on any atom is -0.490 e. The van der Waals surface area contributed by atoms with E-state index in [1.807, 2.05) is 16.7 Å². The molecule has 0 spiro atoms. The molecule has 0 amide bonds. The van der Waals surface area contributed by atoms with E-state index in [2.05, 4.69) is 35.6 Å². The third-order valence-electron chi connectivity index (χ3n) is 10.5. The molecule has 4 aliphatic rings. The predicted molar refractivity (Wildman–Crippen MR) is 239 cm³/mol. The highest BCUT2D eigenvalue weighted by molar-refractivity contribution is 5.73. The Hall–Kier alpha value is -6.33. The third-order valence-corrected chi connectivity index (χ3v) is 10.5. The van der Waals surface area contributed by atoms with E-state index in [-0.39, 0.29) is 34.9 Å². The molecule has 22 nitrogen and oxygen atoms in total. The van der Waals surface area contributed by atoms with E-state index in [1.165, 1.54) is 25.6 Å². The van der Waals surface area contributed by atoms with Gasteiger partial charge in [0.05, 0.1) is 51.8 Å². The zero-order valence-electron chi connectivity index (χ0n) is 35.9. The molecule has 0 radical (unpaired) electrons. The number of hydrogen-bond donors (Lipinski definition) is 5. The number of nitrogen functional groups attached to an aromatic ring is 1. The van der Waals surface area contributed by atoms with E-state index in [9.17, 15) is 25.0 Å². The Morgan fingerprint density at radius 3 is 1.66 bits per heavy atom. The van der Waals surface area contributed by atoms with Gasteiger partial charge in [0.1, 0.15) is 18.1 Å². The van der Waals surface area contributed by atoms with Gasteiger partial charge in [-0.1, -0.05) is 0 Å². The number of methoxy groups -OCH3 is 1. The van der Waals surface area contributed by atoms with E-state index in [0.29, 0.717) is 36.7 Å². The lowest BCUT2D eigenvalue weighted by atomic mass is 10.1. The fourth-order valence-electron chi connectivity index (χ4n) is 7.00. The minimum atomic E-state index is -0.536. The maximum atomic E-state index is 11.9. The molecule has 0 bridgehead atoms. The smallest absolute Gasteiger partial charge is 0.328 e. The number of rotatable bonds is 8. The summed E-state index contributed by atoms with van der Waals surface area (Å²) >= 11 is 0. The van der Waals surface area contributed by atoms with Gasteiger partial charge in [-0.3, -0.25) is 44.7 Å². The number of hydrogen-bond acceptors (Lipinski definition) is 18. The van der Waals surface area contributed by atoms with Crippen LogP contribution in [0.25, 0.3) is 11.0 Å². The summed E-state index contributed by atoms with van der Waals surface area (Å²) in [5, 5.41) is 27.6. The number of imidazole rings is 1. The average Bonchev–Trinajstić information content (AvgIpc) is 3.67. The first-order valence-electron chi connectivity index (χ1n) is 21.2. The van der Waals surface area contributed by atoms with E-state index in [4.69, 9.17) is 35.2 Å². The molecular formula is C42H58N12O10. The number of pyridine rings is 4. The van der Waals surface area contributed by atoms with Crippen molar-refractivity contribution in [1.29, 1.82) is 0 Å². The molecule has 7 N–H and O–H groups in total. The van der Waals surface area contributed by atoms with Crippen LogP contribution in [0.15, 0.2) is 78.6 Å². The molecule has 5 aromatic heterocycles. The zero-order valence-corrected chi connectivity index (χ0v) is 35.9. The van der Waals surface area contributed by atoms with Crippen molar-refractivity contribution in [3.63, 3.8) is 0 Å². The number of H-pyrrole nitrogens is 1. The summed E-state index contributed by atoms with van der Waals surface area (Å²) in [6.45, 7) is 6.27. The number of nitro groups is 2. The van der Waals surface area contributed by atoms with Crippen LogP contribution in [-0.4, -0.2) is 117 Å². The van der Waals surface area contributed by atoms with Gasteiger partial charge in [-0.15, -0.1) is 0 Å². The molecule has 22 heteroatoms. The molecule has 346 valence electrons. The second-order valence-corrected chi connectivity index (χ2v) is 15.0. The van der Waals surface area contributed by atoms with Crippen LogP contribution >= 0.6 is 0 Å². The van der Waals surface area contributed by atoms with Crippen molar-refractivity contribution in [3.8, 4) is 5.75 Å². The monoisotopic (exact) mass is 890 g/mol. The number of nitrogens with one attached hydrogen (secondary N) is 3. The summed E-state index contributed by atoms with van der Waals surface area (Å²) in [6.07, 6.45) is 19.9. The predicted octanol–water partition coefficient (Wildman–Crippen LogP) is 5.03. The topological polar surface area (TPSA) is 298 Å². The average molecular weight is 891 g/mol. The van der Waals surface area contributed by atoms with E-state index in [0.717, 1.165) is 114 Å². The van der Waals surface area contributed by atoms with Gasteiger partial charge in [0.15, 0.2) is 5.75 Å². The van der Waals surface area contributed by atoms with Crippen molar-refractivity contribution >= 4 is 39.5 Å². The molecule has 4 aliphatic heterocycles. The summed E-state index contributed by atoms with van der Waals surface area (Å²) in [5.74, 6) is 0.227. The van der Waals surface area contributed by atoms with Crippen LogP contribution in [0.5, 0.6) is 5.75 Å². The summed E-state index contributed by atoms with van der Waals surface area (Å²) in [7, 11) is 1.38. The standard InChI is InChI=1S/C11H13N3O2.C10H13N3O3.C10H15N3O.C6H6N2O3.C5H11NO/c15-11-13-9-7-12-4-1-10(9)14(11)8-2-5-16-6-3-8;14-13(15)10-7-11-4-1-9(10)12-8-2-5-16-6-3-8;11-9-7-12-4-1-10(9)13-8-2-5-14-6-3-8;1-11-6-2-3-7-4-5(6)8(9)10;6-5-1-3-7-4-2-5/h1,4,7-8H,2-3,5-6H2,(H,13,15);1,4,7-8H,2-3,5-6H2,(H,11,12);1,4,7-8H,2-3,5-6,11H2,(H,12,13);2-4H,1H3;5H,1-4,6H2. The molecule has 4 saturated heterocycles. The van der Waals surface area contributed by atoms with Crippen LogP contribution in [0.2, 0.25) is 0 Å². The lowest BCUT2D eigenvalue weighted by Crippen LogP contribution is -2.28. The molecule has 0 saturated carbocycles. The molecule has 64 heavy (non-hydrogen) atoms. The number of nitrogens with zero attached hydrogens (tertiary/aromatic N) is 7. The van der Waals surface area contributed by atoms with E-state index < -0.39 is 9.85 Å². The summed E-state index contributed by atoms with van der Waals surface area (Å²) in [6, 6.07) is 8.24. The van der Waals surface area contributed by atoms with Gasteiger partial charge in [0.25, 0.3) is 0 Å². The number of aromatic nitrogens is 6. The fraction of sp³-hybridized carbons (Fsp3) is 0.500. The maximum Gasteiger partial charge on any atom is 0.328 e. The van der Waals surface area contributed by atoms with Crippen LogP contribution in [0.3, 0.4) is 0 Å². The third kappa shape index (κ3) is 15.5. The van der Waals surface area contributed by atoms with Crippen molar-refractivity contribution in [3.05, 3.63) is 105 Å². The van der Waals surface area contributed by atoms with Crippen molar-refractivity contribution in [2.45, 2.75) is 75.5 Å². The normalized spacial score (nSPS) is 17.0. The maximum absolute atomic E-state index is 11.9. The summed E-state index contributed by atoms with van der Waals surface area (Å²) in [5.41, 5.74) is 15.2. The van der Waals surface area contributed by atoms with Crippen LogP contribution in [-0.2, 0) is 18.9 Å². The van der Waals surface area contributed by atoms with Gasteiger partial charge >= 0.3 is 17.1 Å². The highest BCUT2D eigenvalue weighted by Crippen LogP contribution is 2.26. The fourth-order valence-corrected chi connectivity index (χ4v) is 7.00. The number of fused-ring (bicyclic) bond motifs is 1. The molecule has 0 unspecified atom stereocenters. The molecular weight excluding hydrogens is 833 g/mol. The van der Waals surface area contributed by atoms with Gasteiger partial charge < -0.3 is 50.8 Å². The largest absolute Gasteiger partial charge is 0.490 e. The highest BCUT2D eigenvalue weighted by Gasteiger charge is 2.21. The van der Waals surface area contributed by atoms with Gasteiger partial charge in [-0.2, -0.15) is 0 Å². The second-order valence-electron chi connectivity index (χ2n) is 15.0. The van der Waals surface area contributed by atoms with Gasteiger partial charge in [0, 0.05) is 108 Å². The Balaban J connectivity index is 0.000000154. The lowest BCUT2D eigenvalue weighted by molar-refractivity contribution is -0.386. The number of anilines is 3. The Morgan fingerprint density at radius 2 is 1.14 bits per heavy atom. The van der Waals surface area contributed by atoms with Crippen LogP contribution in [0.4, 0.5) is 28.4 Å². The molecule has 9 heterocycles. The first-order valence-corrected chi connectivity index (χ1v) is 21.2. The molecule has 9 rings (SSSR count). The van der Waals surface area contributed by atoms with Crippen LogP contribution in [0, 0.1) is 20.2 Å². The van der Waals surface area contributed by atoms with Crippen LogP contribution in [0.1, 0.15) is 57.4 Å². The Kier molecular flexibility index (Phi) is 20.0.